The lowest BCUT2D eigenvalue weighted by Crippen LogP contribution is -2.32. The molecule has 1 amide bonds. The van der Waals surface area contributed by atoms with Crippen molar-refractivity contribution in [3.63, 3.8) is 0 Å². The molecule has 1 aliphatic heterocycles. The summed E-state index contributed by atoms with van der Waals surface area (Å²) in [5.41, 5.74) is 1.60. The molecule has 27 heavy (non-hydrogen) atoms. The van der Waals surface area contributed by atoms with E-state index in [1.165, 1.54) is 28.8 Å². The Morgan fingerprint density at radius 1 is 1.07 bits per heavy atom. The van der Waals surface area contributed by atoms with Gasteiger partial charge in [-0.15, -0.1) is 4.40 Å². The average molecular weight is 403 g/mol. The highest BCUT2D eigenvalue weighted by molar-refractivity contribution is 8.16. The summed E-state index contributed by atoms with van der Waals surface area (Å²) in [6, 6.07) is 15.6. The van der Waals surface area contributed by atoms with E-state index in [1.807, 2.05) is 25.1 Å². The molecule has 0 spiro atoms. The molecule has 1 saturated heterocycles. The second kappa shape index (κ2) is 8.27. The van der Waals surface area contributed by atoms with Gasteiger partial charge in [-0.2, -0.15) is 8.42 Å². The molecule has 1 atom stereocenters. The van der Waals surface area contributed by atoms with E-state index in [0.717, 1.165) is 18.4 Å². The van der Waals surface area contributed by atoms with E-state index in [1.54, 1.807) is 24.3 Å². The minimum absolute atomic E-state index is 0.113. The zero-order valence-corrected chi connectivity index (χ0v) is 17.0. The van der Waals surface area contributed by atoms with Crippen molar-refractivity contribution in [1.29, 1.82) is 0 Å². The quantitative estimate of drug-likeness (QED) is 0.719. The van der Waals surface area contributed by atoms with Crippen LogP contribution in [0.1, 0.15) is 31.7 Å². The van der Waals surface area contributed by atoms with Crippen molar-refractivity contribution < 1.29 is 13.2 Å². The van der Waals surface area contributed by atoms with Crippen LogP contribution in [0.25, 0.3) is 0 Å². The zero-order chi connectivity index (χ0) is 19.4. The summed E-state index contributed by atoms with van der Waals surface area (Å²) in [6.07, 6.45) is 2.58. The molecular formula is C20H22N2O3S2. The van der Waals surface area contributed by atoms with E-state index < -0.39 is 10.0 Å². The molecule has 1 unspecified atom stereocenters. The van der Waals surface area contributed by atoms with Gasteiger partial charge in [0.15, 0.2) is 5.17 Å². The normalized spacial score (nSPS) is 19.0. The molecule has 142 valence electrons. The Hall–Kier alpha value is -2.12. The second-order valence-corrected chi connectivity index (χ2v) is 9.19. The van der Waals surface area contributed by atoms with Crippen LogP contribution in [-0.4, -0.2) is 24.7 Å². The van der Waals surface area contributed by atoms with Gasteiger partial charge in [0.2, 0.25) is 5.91 Å². The first-order chi connectivity index (χ1) is 12.9. The molecular weight excluding hydrogens is 380 g/mol. The number of hydrogen-bond acceptors (Lipinski definition) is 4. The van der Waals surface area contributed by atoms with Crippen LogP contribution >= 0.6 is 11.8 Å². The molecule has 7 heteroatoms. The first-order valence-corrected chi connectivity index (χ1v) is 11.2. The molecule has 0 N–H and O–H groups in total. The maximum absolute atomic E-state index is 12.9. The van der Waals surface area contributed by atoms with Crippen molar-refractivity contribution >= 4 is 38.5 Å². The first kappa shape index (κ1) is 19.6. The highest BCUT2D eigenvalue weighted by Crippen LogP contribution is 2.35. The smallest absolute Gasteiger partial charge is 0.273 e. The largest absolute Gasteiger partial charge is 0.284 e. The van der Waals surface area contributed by atoms with Gasteiger partial charge in [0.25, 0.3) is 10.0 Å². The van der Waals surface area contributed by atoms with E-state index >= 15 is 0 Å². The van der Waals surface area contributed by atoms with E-state index in [9.17, 15) is 13.2 Å². The summed E-state index contributed by atoms with van der Waals surface area (Å²) < 4.78 is 29.6. The molecule has 3 rings (SSSR count). The molecule has 1 aliphatic rings. The van der Waals surface area contributed by atoms with Gasteiger partial charge in [-0.1, -0.05) is 67.4 Å². The molecule has 2 aromatic carbocycles. The summed E-state index contributed by atoms with van der Waals surface area (Å²) in [6.45, 7) is 3.96. The van der Waals surface area contributed by atoms with Crippen molar-refractivity contribution in [2.24, 2.45) is 4.40 Å². The third kappa shape index (κ3) is 4.42. The summed E-state index contributed by atoms with van der Waals surface area (Å²) in [5.74, 6) is -0.113. The fraction of sp³-hybridized carbons (Fsp3) is 0.300. The predicted octanol–water partition coefficient (Wildman–Crippen LogP) is 4.38. The summed E-state index contributed by atoms with van der Waals surface area (Å²) in [4.78, 5) is 14.5. The number of amides is 1. The van der Waals surface area contributed by atoms with Crippen LogP contribution in [0.15, 0.2) is 63.9 Å². The number of nitrogens with zero attached hydrogens (tertiary/aromatic N) is 2. The SMILES string of the molecule is CCCCC1S/C(=N/S(=O)(=O)c2ccc(C)cc2)N(c2ccccc2)C1=O. The first-order valence-electron chi connectivity index (χ1n) is 8.89. The van der Waals surface area contributed by atoms with Crippen LogP contribution in [0.2, 0.25) is 0 Å². The van der Waals surface area contributed by atoms with E-state index in [-0.39, 0.29) is 21.2 Å². The number of rotatable bonds is 6. The van der Waals surface area contributed by atoms with Crippen LogP contribution in [0.5, 0.6) is 0 Å². The summed E-state index contributed by atoms with van der Waals surface area (Å²) >= 11 is 1.23. The Labute approximate surface area is 164 Å². The Morgan fingerprint density at radius 2 is 1.74 bits per heavy atom. The van der Waals surface area contributed by atoms with E-state index in [2.05, 4.69) is 11.3 Å². The van der Waals surface area contributed by atoms with Crippen LogP contribution in [0.4, 0.5) is 5.69 Å². The molecule has 1 heterocycles. The van der Waals surface area contributed by atoms with Gasteiger partial charge < -0.3 is 0 Å². The summed E-state index contributed by atoms with van der Waals surface area (Å²) in [7, 11) is -3.90. The molecule has 0 radical (unpaired) electrons. The number of amidine groups is 1. The van der Waals surface area contributed by atoms with E-state index in [4.69, 9.17) is 0 Å². The number of aryl methyl sites for hydroxylation is 1. The highest BCUT2D eigenvalue weighted by atomic mass is 32.2. The van der Waals surface area contributed by atoms with Crippen molar-refractivity contribution in [3.05, 3.63) is 60.2 Å². The zero-order valence-electron chi connectivity index (χ0n) is 15.3. The lowest BCUT2D eigenvalue weighted by molar-refractivity contribution is -0.117. The Balaban J connectivity index is 2.00. The van der Waals surface area contributed by atoms with Crippen LogP contribution in [0.3, 0.4) is 0 Å². The Kier molecular flexibility index (Phi) is 6.01. The number of anilines is 1. The van der Waals surface area contributed by atoms with Crippen molar-refractivity contribution in [2.75, 3.05) is 4.90 Å². The number of para-hydroxylation sites is 1. The van der Waals surface area contributed by atoms with Gasteiger partial charge >= 0.3 is 0 Å². The number of carbonyl (C=O) groups is 1. The summed E-state index contributed by atoms with van der Waals surface area (Å²) in [5, 5.41) is -0.0926. The molecule has 0 bridgehead atoms. The van der Waals surface area contributed by atoms with E-state index in [0.29, 0.717) is 12.1 Å². The second-order valence-electron chi connectivity index (χ2n) is 6.42. The minimum Gasteiger partial charge on any atom is -0.273 e. The highest BCUT2D eigenvalue weighted by Gasteiger charge is 2.39. The number of carbonyl (C=O) groups excluding carboxylic acids is 1. The van der Waals surface area contributed by atoms with Crippen molar-refractivity contribution in [2.45, 2.75) is 43.3 Å². The number of hydrogen-bond donors (Lipinski definition) is 0. The fourth-order valence-corrected chi connectivity index (χ4v) is 5.17. The number of sulfonamides is 1. The number of thioether (sulfide) groups is 1. The lowest BCUT2D eigenvalue weighted by Gasteiger charge is -2.16. The third-order valence-corrected chi connectivity index (χ3v) is 6.89. The molecule has 0 aliphatic carbocycles. The van der Waals surface area contributed by atoms with Gasteiger partial charge in [-0.3, -0.25) is 9.69 Å². The molecule has 5 nitrogen and oxygen atoms in total. The number of unbranched alkanes of at least 4 members (excludes halogenated alkanes) is 1. The molecule has 0 saturated carbocycles. The van der Waals surface area contributed by atoms with Gasteiger partial charge in [-0.25, -0.2) is 0 Å². The van der Waals surface area contributed by atoms with Crippen LogP contribution in [0, 0.1) is 6.92 Å². The third-order valence-electron chi connectivity index (χ3n) is 4.29. The predicted molar refractivity (Wildman–Crippen MR) is 111 cm³/mol. The minimum atomic E-state index is -3.90. The van der Waals surface area contributed by atoms with Gasteiger partial charge in [0.05, 0.1) is 15.8 Å². The standard InChI is InChI=1S/C20H22N2O3S2/c1-3-4-10-18-19(23)22(16-8-6-5-7-9-16)20(26-18)21-27(24,25)17-13-11-15(2)12-14-17/h5-9,11-14,18H,3-4,10H2,1-2H3/b21-20+. The molecule has 0 aromatic heterocycles. The molecule has 2 aromatic rings. The average Bonchev–Trinajstić information content (AvgIpc) is 2.95. The monoisotopic (exact) mass is 402 g/mol. The topological polar surface area (TPSA) is 66.8 Å². The lowest BCUT2D eigenvalue weighted by atomic mass is 10.2. The van der Waals surface area contributed by atoms with Gasteiger partial charge in [0, 0.05) is 0 Å². The Bertz CT molecular complexity index is 939. The van der Waals surface area contributed by atoms with Crippen molar-refractivity contribution in [1.82, 2.24) is 0 Å². The van der Waals surface area contributed by atoms with Gasteiger partial charge in [-0.05, 0) is 37.6 Å². The van der Waals surface area contributed by atoms with Gasteiger partial charge in [0.1, 0.15) is 0 Å². The van der Waals surface area contributed by atoms with Crippen molar-refractivity contribution in [3.8, 4) is 0 Å². The fourth-order valence-electron chi connectivity index (χ4n) is 2.78. The maximum atomic E-state index is 12.9. The molecule has 1 fully saturated rings. The number of benzene rings is 2. The Morgan fingerprint density at radius 3 is 2.37 bits per heavy atom. The van der Waals surface area contributed by atoms with Crippen LogP contribution in [-0.2, 0) is 14.8 Å². The maximum Gasteiger partial charge on any atom is 0.284 e. The van der Waals surface area contributed by atoms with Crippen LogP contribution < -0.4 is 4.90 Å².